The standard InChI is InChI=1S/C10H14O4S2/c1-2-3-6-14-9(11)8-16(12,13)10-5-4-7-15-10/h4-5,7H,2-3,6,8H2,1H3. The highest BCUT2D eigenvalue weighted by Gasteiger charge is 2.20. The van der Waals surface area contributed by atoms with Crippen LogP contribution in [0.5, 0.6) is 0 Å². The molecule has 0 aliphatic rings. The van der Waals surface area contributed by atoms with Crippen LogP contribution in [-0.2, 0) is 19.4 Å². The summed E-state index contributed by atoms with van der Waals surface area (Å²) in [6.07, 6.45) is 1.66. The second kappa shape index (κ2) is 6.00. The number of hydrogen-bond acceptors (Lipinski definition) is 5. The second-order valence-corrected chi connectivity index (χ2v) is 6.43. The molecule has 6 heteroatoms. The molecule has 0 spiro atoms. The Hall–Kier alpha value is -0.880. The minimum Gasteiger partial charge on any atom is -0.465 e. The first kappa shape index (κ1) is 13.2. The van der Waals surface area contributed by atoms with E-state index in [2.05, 4.69) is 0 Å². The monoisotopic (exact) mass is 262 g/mol. The van der Waals surface area contributed by atoms with Gasteiger partial charge < -0.3 is 4.74 Å². The third-order valence-corrected chi connectivity index (χ3v) is 4.95. The van der Waals surface area contributed by atoms with Crippen molar-refractivity contribution in [1.29, 1.82) is 0 Å². The van der Waals surface area contributed by atoms with E-state index in [0.717, 1.165) is 24.2 Å². The number of unbranched alkanes of at least 4 members (excludes halogenated alkanes) is 1. The van der Waals surface area contributed by atoms with Crippen LogP contribution >= 0.6 is 11.3 Å². The smallest absolute Gasteiger partial charge is 0.321 e. The number of sulfone groups is 1. The van der Waals surface area contributed by atoms with Crippen LogP contribution < -0.4 is 0 Å². The Morgan fingerprint density at radius 2 is 2.25 bits per heavy atom. The van der Waals surface area contributed by atoms with E-state index in [1.54, 1.807) is 11.4 Å². The van der Waals surface area contributed by atoms with Gasteiger partial charge in [-0.25, -0.2) is 8.42 Å². The molecule has 90 valence electrons. The van der Waals surface area contributed by atoms with Crippen molar-refractivity contribution in [2.24, 2.45) is 0 Å². The van der Waals surface area contributed by atoms with Gasteiger partial charge in [-0.1, -0.05) is 19.4 Å². The van der Waals surface area contributed by atoms with E-state index >= 15 is 0 Å². The lowest BCUT2D eigenvalue weighted by molar-refractivity contribution is -0.140. The lowest BCUT2D eigenvalue weighted by Crippen LogP contribution is -2.18. The molecule has 0 N–H and O–H groups in total. The van der Waals surface area contributed by atoms with Gasteiger partial charge in [0.05, 0.1) is 6.61 Å². The summed E-state index contributed by atoms with van der Waals surface area (Å²) in [5.41, 5.74) is 0. The van der Waals surface area contributed by atoms with E-state index in [-0.39, 0.29) is 10.8 Å². The highest BCUT2D eigenvalue weighted by atomic mass is 32.2. The predicted molar refractivity (Wildman–Crippen MR) is 62.2 cm³/mol. The van der Waals surface area contributed by atoms with Crippen molar-refractivity contribution in [3.8, 4) is 0 Å². The summed E-state index contributed by atoms with van der Waals surface area (Å²) in [6, 6.07) is 3.12. The molecule has 0 saturated heterocycles. The van der Waals surface area contributed by atoms with E-state index in [4.69, 9.17) is 4.74 Å². The molecule has 0 aliphatic carbocycles. The lowest BCUT2D eigenvalue weighted by atomic mass is 10.4. The van der Waals surface area contributed by atoms with E-state index in [9.17, 15) is 13.2 Å². The van der Waals surface area contributed by atoms with E-state index in [1.807, 2.05) is 6.92 Å². The van der Waals surface area contributed by atoms with Gasteiger partial charge in [0.1, 0.15) is 4.21 Å². The van der Waals surface area contributed by atoms with Gasteiger partial charge in [0.15, 0.2) is 15.6 Å². The summed E-state index contributed by atoms with van der Waals surface area (Å²) in [4.78, 5) is 11.2. The van der Waals surface area contributed by atoms with E-state index < -0.39 is 21.6 Å². The fraction of sp³-hybridized carbons (Fsp3) is 0.500. The molecule has 0 atom stereocenters. The number of hydrogen-bond donors (Lipinski definition) is 0. The van der Waals surface area contributed by atoms with Gasteiger partial charge in [-0.3, -0.25) is 4.79 Å². The summed E-state index contributed by atoms with van der Waals surface area (Å²) in [5, 5.41) is 1.66. The Morgan fingerprint density at radius 3 is 2.81 bits per heavy atom. The van der Waals surface area contributed by atoms with Crippen LogP contribution in [0.2, 0.25) is 0 Å². The van der Waals surface area contributed by atoms with Crippen LogP contribution in [0.1, 0.15) is 19.8 Å². The number of esters is 1. The molecule has 0 aliphatic heterocycles. The fourth-order valence-corrected chi connectivity index (χ4v) is 3.24. The van der Waals surface area contributed by atoms with Gasteiger partial charge in [0.25, 0.3) is 0 Å². The third-order valence-electron chi connectivity index (χ3n) is 1.87. The zero-order valence-corrected chi connectivity index (χ0v) is 10.6. The normalized spacial score (nSPS) is 11.3. The molecule has 1 rings (SSSR count). The molecule has 0 bridgehead atoms. The van der Waals surface area contributed by atoms with Gasteiger partial charge in [-0.15, -0.1) is 11.3 Å². The molecule has 0 amide bonds. The molecular weight excluding hydrogens is 248 g/mol. The molecule has 1 aromatic rings. The number of thiophene rings is 1. The molecule has 1 heterocycles. The molecular formula is C10H14O4S2. The number of carbonyl (C=O) groups is 1. The van der Waals surface area contributed by atoms with Crippen molar-refractivity contribution in [3.05, 3.63) is 17.5 Å². The first-order valence-corrected chi connectivity index (χ1v) is 7.51. The Kier molecular flexibility index (Phi) is 4.95. The summed E-state index contributed by atoms with van der Waals surface area (Å²) < 4.78 is 28.3. The van der Waals surface area contributed by atoms with E-state index in [1.165, 1.54) is 6.07 Å². The quantitative estimate of drug-likeness (QED) is 0.580. The highest BCUT2D eigenvalue weighted by molar-refractivity contribution is 7.94. The molecule has 4 nitrogen and oxygen atoms in total. The Labute approximate surface area is 99.2 Å². The van der Waals surface area contributed by atoms with Crippen molar-refractivity contribution in [2.75, 3.05) is 12.4 Å². The van der Waals surface area contributed by atoms with Crippen molar-refractivity contribution < 1.29 is 17.9 Å². The summed E-state index contributed by atoms with van der Waals surface area (Å²) in [5.74, 6) is -1.25. The minimum absolute atomic E-state index is 0.208. The zero-order chi connectivity index (χ0) is 12.0. The van der Waals surface area contributed by atoms with Gasteiger partial charge in [0.2, 0.25) is 0 Å². The average molecular weight is 262 g/mol. The minimum atomic E-state index is -3.51. The maximum atomic E-state index is 11.6. The summed E-state index contributed by atoms with van der Waals surface area (Å²) in [7, 11) is -3.51. The fourth-order valence-electron chi connectivity index (χ4n) is 1.04. The number of rotatable bonds is 6. The third kappa shape index (κ3) is 3.94. The molecule has 1 aromatic heterocycles. The maximum Gasteiger partial charge on any atom is 0.321 e. The molecule has 0 unspecified atom stereocenters. The largest absolute Gasteiger partial charge is 0.465 e. The van der Waals surface area contributed by atoms with Crippen LogP contribution in [0.15, 0.2) is 21.7 Å². The van der Waals surface area contributed by atoms with Crippen LogP contribution in [0.3, 0.4) is 0 Å². The molecule has 0 saturated carbocycles. The van der Waals surface area contributed by atoms with Gasteiger partial charge >= 0.3 is 5.97 Å². The van der Waals surface area contributed by atoms with Gasteiger partial charge in [-0.05, 0) is 17.9 Å². The Morgan fingerprint density at radius 1 is 1.50 bits per heavy atom. The average Bonchev–Trinajstić information content (AvgIpc) is 2.70. The zero-order valence-electron chi connectivity index (χ0n) is 9.01. The predicted octanol–water partition coefficient (Wildman–Crippen LogP) is 1.87. The topological polar surface area (TPSA) is 60.4 Å². The highest BCUT2D eigenvalue weighted by Crippen LogP contribution is 2.17. The molecule has 0 radical (unpaired) electrons. The van der Waals surface area contributed by atoms with Crippen molar-refractivity contribution in [3.63, 3.8) is 0 Å². The van der Waals surface area contributed by atoms with Crippen molar-refractivity contribution >= 4 is 27.1 Å². The lowest BCUT2D eigenvalue weighted by Gasteiger charge is -2.03. The van der Waals surface area contributed by atoms with Crippen LogP contribution in [-0.4, -0.2) is 26.7 Å². The molecule has 0 aromatic carbocycles. The van der Waals surface area contributed by atoms with Crippen LogP contribution in [0, 0.1) is 0 Å². The summed E-state index contributed by atoms with van der Waals surface area (Å²) >= 11 is 1.10. The van der Waals surface area contributed by atoms with Crippen molar-refractivity contribution in [2.45, 2.75) is 24.0 Å². The Balaban J connectivity index is 2.51. The SMILES string of the molecule is CCCCOC(=O)CS(=O)(=O)c1cccs1. The molecule has 16 heavy (non-hydrogen) atoms. The van der Waals surface area contributed by atoms with E-state index in [0.29, 0.717) is 0 Å². The summed E-state index contributed by atoms with van der Waals surface area (Å²) in [6.45, 7) is 2.26. The van der Waals surface area contributed by atoms with Gasteiger partial charge in [-0.2, -0.15) is 0 Å². The number of ether oxygens (including phenoxy) is 1. The van der Waals surface area contributed by atoms with Gasteiger partial charge in [0, 0.05) is 0 Å². The first-order valence-electron chi connectivity index (χ1n) is 4.98. The first-order chi connectivity index (χ1) is 7.56. The second-order valence-electron chi connectivity index (χ2n) is 3.27. The molecule has 0 fully saturated rings. The number of carbonyl (C=O) groups excluding carboxylic acids is 1. The van der Waals surface area contributed by atoms with Crippen LogP contribution in [0.4, 0.5) is 0 Å². The Bertz CT molecular complexity index is 420. The van der Waals surface area contributed by atoms with Crippen LogP contribution in [0.25, 0.3) is 0 Å². The maximum absolute atomic E-state index is 11.6. The van der Waals surface area contributed by atoms with Crippen molar-refractivity contribution in [1.82, 2.24) is 0 Å².